The third-order valence-electron chi connectivity index (χ3n) is 7.61. The largest absolute Gasteiger partial charge is 0.352 e. The van der Waals surface area contributed by atoms with Gasteiger partial charge in [-0.2, -0.15) is 0 Å². The Morgan fingerprint density at radius 1 is 0.941 bits per heavy atom. The van der Waals surface area contributed by atoms with E-state index in [9.17, 15) is 18.8 Å². The van der Waals surface area contributed by atoms with E-state index < -0.39 is 29.2 Å². The molecule has 4 nitrogen and oxygen atoms in total. The summed E-state index contributed by atoms with van der Waals surface area (Å²) in [6.07, 6.45) is 3.82. The zero-order valence-electron chi connectivity index (χ0n) is 18.8. The number of ketones is 3. The maximum atomic E-state index is 14.2. The van der Waals surface area contributed by atoms with Gasteiger partial charge in [0.1, 0.15) is 11.2 Å². The van der Waals surface area contributed by atoms with E-state index in [0.29, 0.717) is 16.7 Å². The average Bonchev–Trinajstić information content (AvgIpc) is 3.27. The van der Waals surface area contributed by atoms with Gasteiger partial charge in [0, 0.05) is 22.7 Å². The molecule has 1 aliphatic carbocycles. The third-order valence-corrected chi connectivity index (χ3v) is 7.61. The minimum absolute atomic E-state index is 0.143. The van der Waals surface area contributed by atoms with Gasteiger partial charge in [-0.1, -0.05) is 60.7 Å². The quantitative estimate of drug-likeness (QED) is 0.506. The number of halogens is 1. The van der Waals surface area contributed by atoms with Crippen molar-refractivity contribution in [3.8, 4) is 0 Å². The average molecular weight is 451 g/mol. The second-order valence-corrected chi connectivity index (χ2v) is 9.43. The number of fused-ring (bicyclic) bond motifs is 5. The molecule has 168 valence electrons. The molecule has 0 unspecified atom stereocenters. The van der Waals surface area contributed by atoms with Crippen LogP contribution in [0.15, 0.2) is 72.8 Å². The Kier molecular flexibility index (Phi) is 4.31. The Morgan fingerprint density at radius 2 is 1.59 bits per heavy atom. The van der Waals surface area contributed by atoms with Crippen molar-refractivity contribution in [2.45, 2.75) is 31.8 Å². The molecule has 1 saturated heterocycles. The number of carbonyl (C=O) groups excluding carboxylic acids is 3. The molecule has 0 bridgehead atoms. The second kappa shape index (κ2) is 7.07. The van der Waals surface area contributed by atoms with Crippen LogP contribution in [0.3, 0.4) is 0 Å². The van der Waals surface area contributed by atoms with Crippen molar-refractivity contribution in [3.05, 3.63) is 106 Å². The van der Waals surface area contributed by atoms with Gasteiger partial charge in [-0.25, -0.2) is 4.39 Å². The highest BCUT2D eigenvalue weighted by atomic mass is 19.1. The number of Topliss-reactive ketones (excluding diaryl/α,β-unsaturated/α-hetero) is 3. The lowest BCUT2D eigenvalue weighted by Crippen LogP contribution is -2.48. The number of hydrogen-bond donors (Lipinski definition) is 0. The Labute approximate surface area is 196 Å². The van der Waals surface area contributed by atoms with Crippen molar-refractivity contribution in [1.29, 1.82) is 0 Å². The summed E-state index contributed by atoms with van der Waals surface area (Å²) < 4.78 is 13.9. The van der Waals surface area contributed by atoms with E-state index in [-0.39, 0.29) is 17.3 Å². The normalized spacial score (nSPS) is 23.7. The van der Waals surface area contributed by atoms with E-state index in [0.717, 1.165) is 16.8 Å². The van der Waals surface area contributed by atoms with Crippen LogP contribution in [-0.2, 0) is 4.79 Å². The highest BCUT2D eigenvalue weighted by Gasteiger charge is 2.71. The minimum Gasteiger partial charge on any atom is -0.352 e. The van der Waals surface area contributed by atoms with Gasteiger partial charge in [0.05, 0.1) is 12.1 Å². The Hall–Kier alpha value is -3.86. The molecular formula is C29H22FNO3. The summed E-state index contributed by atoms with van der Waals surface area (Å²) in [5.41, 5.74) is 2.62. The van der Waals surface area contributed by atoms with Gasteiger partial charge in [-0.3, -0.25) is 14.4 Å². The molecule has 1 spiro atoms. The van der Waals surface area contributed by atoms with Crippen molar-refractivity contribution in [3.63, 3.8) is 0 Å². The molecule has 0 radical (unpaired) electrons. The van der Waals surface area contributed by atoms with E-state index in [4.69, 9.17) is 0 Å². The first-order chi connectivity index (χ1) is 16.4. The highest BCUT2D eigenvalue weighted by Crippen LogP contribution is 2.60. The molecule has 34 heavy (non-hydrogen) atoms. The molecule has 5 heteroatoms. The number of benzene rings is 3. The van der Waals surface area contributed by atoms with Gasteiger partial charge in [0.2, 0.25) is 0 Å². The summed E-state index contributed by atoms with van der Waals surface area (Å²) in [7, 11) is 0. The molecule has 0 saturated carbocycles. The molecule has 6 rings (SSSR count). The third kappa shape index (κ3) is 2.50. The predicted octanol–water partition coefficient (Wildman–Crippen LogP) is 5.16. The van der Waals surface area contributed by atoms with Crippen LogP contribution >= 0.6 is 0 Å². The van der Waals surface area contributed by atoms with E-state index >= 15 is 0 Å². The number of anilines is 1. The van der Waals surface area contributed by atoms with Gasteiger partial charge >= 0.3 is 0 Å². The van der Waals surface area contributed by atoms with E-state index in [1.807, 2.05) is 42.2 Å². The van der Waals surface area contributed by atoms with Gasteiger partial charge in [0.15, 0.2) is 17.3 Å². The number of carbonyl (C=O) groups is 3. The lowest BCUT2D eigenvalue weighted by Gasteiger charge is -2.37. The molecule has 2 aliphatic heterocycles. The van der Waals surface area contributed by atoms with Crippen LogP contribution < -0.4 is 4.90 Å². The van der Waals surface area contributed by atoms with Crippen molar-refractivity contribution in [2.24, 2.45) is 5.41 Å². The summed E-state index contributed by atoms with van der Waals surface area (Å²) in [5, 5.41) is 0. The molecule has 2 heterocycles. The number of rotatable bonds is 2. The van der Waals surface area contributed by atoms with E-state index in [1.54, 1.807) is 36.4 Å². The van der Waals surface area contributed by atoms with Crippen molar-refractivity contribution >= 4 is 29.1 Å². The summed E-state index contributed by atoms with van der Waals surface area (Å²) in [6.45, 7) is 3.48. The zero-order chi connectivity index (χ0) is 23.8. The SMILES string of the molecule is CC(=O)[C@H]1[C@@H](c2ccc(F)cc2)C2(C(=O)c3ccccc3C2=O)[C@@H]2C=Cc3ccc(C)cc3N21. The van der Waals surface area contributed by atoms with Crippen molar-refractivity contribution in [1.82, 2.24) is 0 Å². The van der Waals surface area contributed by atoms with Crippen LogP contribution in [0, 0.1) is 18.2 Å². The van der Waals surface area contributed by atoms with Crippen LogP contribution in [0.2, 0.25) is 0 Å². The molecule has 3 aliphatic rings. The molecule has 3 aromatic carbocycles. The van der Waals surface area contributed by atoms with Gasteiger partial charge in [-0.15, -0.1) is 0 Å². The first-order valence-electron chi connectivity index (χ1n) is 11.4. The Morgan fingerprint density at radius 3 is 2.21 bits per heavy atom. The molecule has 0 aromatic heterocycles. The second-order valence-electron chi connectivity index (χ2n) is 9.43. The predicted molar refractivity (Wildman–Crippen MR) is 128 cm³/mol. The van der Waals surface area contributed by atoms with E-state index in [1.165, 1.54) is 19.1 Å². The number of aryl methyl sites for hydroxylation is 1. The molecular weight excluding hydrogens is 429 g/mol. The fourth-order valence-corrected chi connectivity index (χ4v) is 6.27. The maximum Gasteiger partial charge on any atom is 0.180 e. The molecule has 1 fully saturated rings. The molecule has 0 amide bonds. The topological polar surface area (TPSA) is 54.5 Å². The van der Waals surface area contributed by atoms with Crippen LogP contribution in [0.5, 0.6) is 0 Å². The fourth-order valence-electron chi connectivity index (χ4n) is 6.27. The Bertz CT molecular complexity index is 1390. The van der Waals surface area contributed by atoms with Crippen LogP contribution in [0.25, 0.3) is 6.08 Å². The van der Waals surface area contributed by atoms with Crippen molar-refractivity contribution in [2.75, 3.05) is 4.90 Å². The van der Waals surface area contributed by atoms with Gasteiger partial charge in [-0.05, 0) is 48.7 Å². The monoisotopic (exact) mass is 451 g/mol. The molecule has 0 N–H and O–H groups in total. The lowest BCUT2D eigenvalue weighted by molar-refractivity contribution is -0.118. The van der Waals surface area contributed by atoms with Gasteiger partial charge in [0.25, 0.3) is 0 Å². The van der Waals surface area contributed by atoms with Crippen molar-refractivity contribution < 1.29 is 18.8 Å². The maximum absolute atomic E-state index is 14.2. The molecule has 3 atom stereocenters. The van der Waals surface area contributed by atoms with Crippen LogP contribution in [0.1, 0.15) is 50.2 Å². The fraction of sp³-hybridized carbons (Fsp3) is 0.207. The highest BCUT2D eigenvalue weighted by molar-refractivity contribution is 6.32. The number of nitrogens with zero attached hydrogens (tertiary/aromatic N) is 1. The van der Waals surface area contributed by atoms with E-state index in [2.05, 4.69) is 0 Å². The summed E-state index contributed by atoms with van der Waals surface area (Å²) in [4.78, 5) is 43.7. The first kappa shape index (κ1) is 20.7. The molecule has 3 aromatic rings. The lowest BCUT2D eigenvalue weighted by atomic mass is 9.64. The number of hydrogen-bond acceptors (Lipinski definition) is 4. The summed E-state index contributed by atoms with van der Waals surface area (Å²) in [6, 6.07) is 17.3. The smallest absolute Gasteiger partial charge is 0.180 e. The minimum atomic E-state index is -1.52. The van der Waals surface area contributed by atoms with Gasteiger partial charge < -0.3 is 4.90 Å². The summed E-state index contributed by atoms with van der Waals surface area (Å²) in [5.74, 6) is -1.88. The van der Waals surface area contributed by atoms with Crippen LogP contribution in [-0.4, -0.2) is 29.4 Å². The summed E-state index contributed by atoms with van der Waals surface area (Å²) >= 11 is 0. The standard InChI is InChI=1S/C29H22FNO3/c1-16-7-8-18-11-14-24-29(27(33)21-5-3-4-6-22(21)28(29)34)25(19-9-12-20(30)13-10-19)26(17(2)32)31(24)23(18)15-16/h3-15,24-26H,1-2H3/t24-,25+,26-/m0/s1. The van der Waals surface area contributed by atoms with Crippen LogP contribution in [0.4, 0.5) is 10.1 Å². The Balaban J connectivity index is 1.69. The zero-order valence-corrected chi connectivity index (χ0v) is 18.8. The first-order valence-corrected chi connectivity index (χ1v) is 11.4.